The van der Waals surface area contributed by atoms with Crippen molar-refractivity contribution >= 4 is 5.91 Å². The van der Waals surface area contributed by atoms with Crippen LogP contribution in [0.25, 0.3) is 0 Å². The summed E-state index contributed by atoms with van der Waals surface area (Å²) in [5.41, 5.74) is 3.69. The number of hydrogen-bond donors (Lipinski definition) is 2. The number of amides is 1. The molecule has 1 rings (SSSR count). The van der Waals surface area contributed by atoms with E-state index in [4.69, 9.17) is 0 Å². The fourth-order valence-corrected chi connectivity index (χ4v) is 1.06. The van der Waals surface area contributed by atoms with Gasteiger partial charge in [-0.1, -0.05) is 29.8 Å². The van der Waals surface area contributed by atoms with Gasteiger partial charge in [-0.25, -0.2) is 5.48 Å². The van der Waals surface area contributed by atoms with Crippen molar-refractivity contribution in [1.29, 1.82) is 0 Å². The quantitative estimate of drug-likeness (QED) is 0.698. The molecule has 0 aromatic heterocycles. The lowest BCUT2D eigenvalue weighted by molar-refractivity contribution is -0.140. The van der Waals surface area contributed by atoms with Gasteiger partial charge in [-0.3, -0.25) is 9.63 Å². The Labute approximate surface area is 82.5 Å². The Hall–Kier alpha value is -1.39. The molecule has 4 heteroatoms. The lowest BCUT2D eigenvalue weighted by Gasteiger charge is -2.09. The first kappa shape index (κ1) is 10.7. The number of rotatable bonds is 3. The highest BCUT2D eigenvalue weighted by Gasteiger charge is 2.16. The molecule has 76 valence electrons. The molecular formula is C10H13NO3. The zero-order valence-electron chi connectivity index (χ0n) is 8.15. The van der Waals surface area contributed by atoms with Crippen LogP contribution in [0.5, 0.6) is 0 Å². The minimum Gasteiger partial charge on any atom is -0.378 e. The molecule has 1 atom stereocenters. The second-order valence-corrected chi connectivity index (χ2v) is 2.98. The lowest BCUT2D eigenvalue weighted by Crippen LogP contribution is -2.28. The fourth-order valence-electron chi connectivity index (χ4n) is 1.06. The van der Waals surface area contributed by atoms with Crippen molar-refractivity contribution in [3.63, 3.8) is 0 Å². The Morgan fingerprint density at radius 1 is 1.43 bits per heavy atom. The number of aryl methyl sites for hydroxylation is 1. The van der Waals surface area contributed by atoms with E-state index in [1.807, 2.05) is 19.1 Å². The van der Waals surface area contributed by atoms with Crippen LogP contribution in [0.4, 0.5) is 0 Å². The summed E-state index contributed by atoms with van der Waals surface area (Å²) in [7, 11) is 1.32. The first-order valence-corrected chi connectivity index (χ1v) is 4.22. The Bertz CT molecular complexity index is 308. The molecule has 0 spiro atoms. The average molecular weight is 195 g/mol. The van der Waals surface area contributed by atoms with E-state index in [0.717, 1.165) is 5.56 Å². The summed E-state index contributed by atoms with van der Waals surface area (Å²) in [6, 6.07) is 7.07. The normalized spacial score (nSPS) is 12.2. The third-order valence-corrected chi connectivity index (χ3v) is 1.84. The summed E-state index contributed by atoms with van der Waals surface area (Å²) in [5, 5.41) is 9.52. The molecule has 0 aliphatic heterocycles. The minimum atomic E-state index is -1.18. The molecule has 1 amide bonds. The Kier molecular flexibility index (Phi) is 3.62. The number of hydroxylamine groups is 1. The predicted molar refractivity (Wildman–Crippen MR) is 51.3 cm³/mol. The van der Waals surface area contributed by atoms with E-state index in [0.29, 0.717) is 5.56 Å². The van der Waals surface area contributed by atoms with Crippen LogP contribution in [0, 0.1) is 6.92 Å². The second-order valence-electron chi connectivity index (χ2n) is 2.98. The SMILES string of the molecule is CONC(=O)C(O)c1ccc(C)cc1. The monoisotopic (exact) mass is 195 g/mol. The molecule has 0 saturated carbocycles. The zero-order chi connectivity index (χ0) is 10.6. The Morgan fingerprint density at radius 2 is 2.00 bits per heavy atom. The van der Waals surface area contributed by atoms with Crippen molar-refractivity contribution in [3.8, 4) is 0 Å². The number of aliphatic hydroxyl groups is 1. The maximum absolute atomic E-state index is 11.1. The maximum Gasteiger partial charge on any atom is 0.276 e. The van der Waals surface area contributed by atoms with Gasteiger partial charge in [0.05, 0.1) is 7.11 Å². The molecule has 1 unspecified atom stereocenters. The Balaban J connectivity index is 2.73. The number of nitrogens with one attached hydrogen (secondary N) is 1. The van der Waals surface area contributed by atoms with E-state index in [1.165, 1.54) is 7.11 Å². The van der Waals surface area contributed by atoms with E-state index in [1.54, 1.807) is 12.1 Å². The summed E-state index contributed by atoms with van der Waals surface area (Å²) in [6.45, 7) is 1.94. The molecule has 0 bridgehead atoms. The van der Waals surface area contributed by atoms with Crippen molar-refractivity contribution in [2.75, 3.05) is 7.11 Å². The summed E-state index contributed by atoms with van der Waals surface area (Å²) >= 11 is 0. The fraction of sp³-hybridized carbons (Fsp3) is 0.300. The van der Waals surface area contributed by atoms with Crippen molar-refractivity contribution in [2.24, 2.45) is 0 Å². The van der Waals surface area contributed by atoms with Crippen LogP contribution in [0.15, 0.2) is 24.3 Å². The molecule has 0 aliphatic rings. The molecule has 4 nitrogen and oxygen atoms in total. The van der Waals surface area contributed by atoms with Crippen LogP contribution in [-0.2, 0) is 9.63 Å². The summed E-state index contributed by atoms with van der Waals surface area (Å²) in [4.78, 5) is 15.6. The number of aliphatic hydroxyl groups excluding tert-OH is 1. The highest BCUT2D eigenvalue weighted by atomic mass is 16.6. The van der Waals surface area contributed by atoms with E-state index >= 15 is 0 Å². The van der Waals surface area contributed by atoms with Crippen LogP contribution in [-0.4, -0.2) is 18.1 Å². The van der Waals surface area contributed by atoms with Gasteiger partial charge in [-0.2, -0.15) is 0 Å². The molecule has 2 N–H and O–H groups in total. The van der Waals surface area contributed by atoms with Crippen LogP contribution in [0.3, 0.4) is 0 Å². The molecule has 0 fully saturated rings. The number of hydrogen-bond acceptors (Lipinski definition) is 3. The van der Waals surface area contributed by atoms with E-state index < -0.39 is 12.0 Å². The first-order chi connectivity index (χ1) is 6.65. The van der Waals surface area contributed by atoms with Gasteiger partial charge < -0.3 is 5.11 Å². The second kappa shape index (κ2) is 4.74. The van der Waals surface area contributed by atoms with Gasteiger partial charge in [0.2, 0.25) is 0 Å². The van der Waals surface area contributed by atoms with Crippen molar-refractivity contribution in [1.82, 2.24) is 5.48 Å². The van der Waals surface area contributed by atoms with Crippen LogP contribution in [0.2, 0.25) is 0 Å². The number of carbonyl (C=O) groups is 1. The molecule has 1 aromatic carbocycles. The summed E-state index contributed by atoms with van der Waals surface area (Å²) in [6.07, 6.45) is -1.18. The summed E-state index contributed by atoms with van der Waals surface area (Å²) in [5.74, 6) is -0.573. The minimum absolute atomic E-state index is 0.546. The smallest absolute Gasteiger partial charge is 0.276 e. The third kappa shape index (κ3) is 2.55. The lowest BCUT2D eigenvalue weighted by atomic mass is 10.1. The number of benzene rings is 1. The van der Waals surface area contributed by atoms with E-state index in [-0.39, 0.29) is 0 Å². The van der Waals surface area contributed by atoms with Gasteiger partial charge >= 0.3 is 0 Å². The highest BCUT2D eigenvalue weighted by Crippen LogP contribution is 2.13. The number of carbonyl (C=O) groups excluding carboxylic acids is 1. The van der Waals surface area contributed by atoms with Gasteiger partial charge in [0.1, 0.15) is 0 Å². The molecule has 0 heterocycles. The van der Waals surface area contributed by atoms with Crippen molar-refractivity contribution in [3.05, 3.63) is 35.4 Å². The van der Waals surface area contributed by atoms with Crippen molar-refractivity contribution in [2.45, 2.75) is 13.0 Å². The highest BCUT2D eigenvalue weighted by molar-refractivity contribution is 5.80. The molecule has 14 heavy (non-hydrogen) atoms. The van der Waals surface area contributed by atoms with Gasteiger partial charge in [0, 0.05) is 0 Å². The maximum atomic E-state index is 11.1. The predicted octanol–water partition coefficient (Wildman–Crippen LogP) is 0.706. The van der Waals surface area contributed by atoms with Gasteiger partial charge in [-0.15, -0.1) is 0 Å². The molecule has 0 radical (unpaired) electrons. The van der Waals surface area contributed by atoms with E-state index in [2.05, 4.69) is 10.3 Å². The van der Waals surface area contributed by atoms with Crippen LogP contribution >= 0.6 is 0 Å². The molecule has 0 aliphatic carbocycles. The van der Waals surface area contributed by atoms with Crippen LogP contribution in [0.1, 0.15) is 17.2 Å². The van der Waals surface area contributed by atoms with Crippen molar-refractivity contribution < 1.29 is 14.7 Å². The average Bonchev–Trinajstić information content (AvgIpc) is 2.18. The third-order valence-electron chi connectivity index (χ3n) is 1.84. The summed E-state index contributed by atoms with van der Waals surface area (Å²) < 4.78 is 0. The topological polar surface area (TPSA) is 58.6 Å². The molecular weight excluding hydrogens is 182 g/mol. The standard InChI is InChI=1S/C10H13NO3/c1-7-3-5-8(6-4-7)9(12)10(13)11-14-2/h3-6,9,12H,1-2H3,(H,11,13). The van der Waals surface area contributed by atoms with E-state index in [9.17, 15) is 9.90 Å². The van der Waals surface area contributed by atoms with Crippen LogP contribution < -0.4 is 5.48 Å². The van der Waals surface area contributed by atoms with Gasteiger partial charge in [0.15, 0.2) is 6.10 Å². The Morgan fingerprint density at radius 3 is 2.50 bits per heavy atom. The van der Waals surface area contributed by atoms with Gasteiger partial charge in [0.25, 0.3) is 5.91 Å². The van der Waals surface area contributed by atoms with Gasteiger partial charge in [-0.05, 0) is 12.5 Å². The largest absolute Gasteiger partial charge is 0.378 e. The molecule has 0 saturated heterocycles. The first-order valence-electron chi connectivity index (χ1n) is 4.22. The molecule has 1 aromatic rings. The zero-order valence-corrected chi connectivity index (χ0v) is 8.15.